The maximum absolute atomic E-state index is 14.2. The predicted molar refractivity (Wildman–Crippen MR) is 201 cm³/mol. The largest absolute Gasteiger partial charge is 0.573 e. The molecule has 2 aliphatic rings. The second-order valence-electron chi connectivity index (χ2n) is 13.7. The normalized spacial score (nSPS) is 13.4. The van der Waals surface area contributed by atoms with Gasteiger partial charge in [-0.2, -0.15) is 0 Å². The van der Waals surface area contributed by atoms with Crippen LogP contribution < -0.4 is 30.9 Å². The SMILES string of the molecule is Cc1cccc(N2c3cc(OC(F)(F)F)cc4c3B(c3ccc5ccc(C)cc5c32)c2ccc3ccc(C)cc3c2N4c2cccc(C)c2)c1. The second kappa shape index (κ2) is 10.9. The van der Waals surface area contributed by atoms with Crippen LogP contribution in [-0.4, -0.2) is 13.1 Å². The van der Waals surface area contributed by atoms with E-state index < -0.39 is 6.36 Å². The maximum Gasteiger partial charge on any atom is 0.573 e. The Hall–Kier alpha value is -5.69. The lowest BCUT2D eigenvalue weighted by molar-refractivity contribution is -0.274. The molecule has 0 atom stereocenters. The molecule has 0 saturated carbocycles. The number of rotatable bonds is 3. The van der Waals surface area contributed by atoms with Gasteiger partial charge in [0.25, 0.3) is 6.71 Å². The van der Waals surface area contributed by atoms with Crippen LogP contribution in [0.5, 0.6) is 5.75 Å². The van der Waals surface area contributed by atoms with Gasteiger partial charge in [-0.25, -0.2) is 0 Å². The zero-order valence-corrected chi connectivity index (χ0v) is 28.1. The molecule has 0 radical (unpaired) electrons. The average molecular weight is 661 g/mol. The summed E-state index contributed by atoms with van der Waals surface area (Å²) in [6.45, 7) is 7.95. The van der Waals surface area contributed by atoms with Crippen molar-refractivity contribution >= 4 is 78.8 Å². The Bertz CT molecular complexity index is 2380. The van der Waals surface area contributed by atoms with Gasteiger partial charge >= 0.3 is 6.36 Å². The first-order chi connectivity index (χ1) is 24.0. The van der Waals surface area contributed by atoms with Crippen molar-refractivity contribution in [1.29, 1.82) is 0 Å². The zero-order chi connectivity index (χ0) is 34.5. The first-order valence-corrected chi connectivity index (χ1v) is 16.8. The smallest absolute Gasteiger partial charge is 0.406 e. The summed E-state index contributed by atoms with van der Waals surface area (Å²) in [4.78, 5) is 4.29. The van der Waals surface area contributed by atoms with Gasteiger partial charge in [-0.3, -0.25) is 0 Å². The number of anilines is 6. The van der Waals surface area contributed by atoms with Crippen LogP contribution in [0.15, 0.2) is 121 Å². The molecule has 3 nitrogen and oxygen atoms in total. The molecule has 0 aromatic heterocycles. The highest BCUT2D eigenvalue weighted by molar-refractivity contribution is 7.00. The van der Waals surface area contributed by atoms with E-state index in [-0.39, 0.29) is 12.5 Å². The van der Waals surface area contributed by atoms with Crippen molar-refractivity contribution in [3.63, 3.8) is 0 Å². The number of hydrogen-bond donors (Lipinski definition) is 0. The fourth-order valence-electron chi connectivity index (χ4n) is 8.08. The minimum Gasteiger partial charge on any atom is -0.406 e. The van der Waals surface area contributed by atoms with E-state index in [1.165, 1.54) is 0 Å². The molecule has 9 rings (SSSR count). The summed E-state index contributed by atoms with van der Waals surface area (Å²) in [7, 11) is 0. The molecule has 7 aromatic carbocycles. The van der Waals surface area contributed by atoms with E-state index in [4.69, 9.17) is 4.74 Å². The summed E-state index contributed by atoms with van der Waals surface area (Å²) in [5, 5.41) is 4.20. The molecular formula is C43H32BF3N2O. The Labute approximate surface area is 289 Å². The highest BCUT2D eigenvalue weighted by Gasteiger charge is 2.45. The first kappa shape index (κ1) is 30.4. The lowest BCUT2D eigenvalue weighted by Crippen LogP contribution is -2.61. The van der Waals surface area contributed by atoms with Gasteiger partial charge in [0.05, 0.1) is 0 Å². The van der Waals surface area contributed by atoms with Gasteiger partial charge in [-0.15, -0.1) is 13.2 Å². The van der Waals surface area contributed by atoms with E-state index in [1.807, 2.05) is 50.2 Å². The molecular weight excluding hydrogens is 628 g/mol. The quantitative estimate of drug-likeness (QED) is 0.176. The van der Waals surface area contributed by atoms with E-state index in [2.05, 4.69) is 96.4 Å². The summed E-state index contributed by atoms with van der Waals surface area (Å²) in [5.41, 5.74) is 12.4. The van der Waals surface area contributed by atoms with Crippen LogP contribution in [0.1, 0.15) is 22.3 Å². The number of hydrogen-bond acceptors (Lipinski definition) is 3. The van der Waals surface area contributed by atoms with Gasteiger partial charge in [0, 0.05) is 57.0 Å². The molecule has 0 aliphatic carbocycles. The van der Waals surface area contributed by atoms with Crippen molar-refractivity contribution in [2.45, 2.75) is 34.1 Å². The molecule has 7 heteroatoms. The number of aryl methyl sites for hydroxylation is 4. The van der Waals surface area contributed by atoms with Gasteiger partial charge in [0.1, 0.15) is 5.75 Å². The molecule has 7 aromatic rings. The van der Waals surface area contributed by atoms with E-state index in [1.54, 1.807) is 12.1 Å². The molecule has 2 aliphatic heterocycles. The third kappa shape index (κ3) is 4.75. The van der Waals surface area contributed by atoms with Crippen LogP contribution in [0, 0.1) is 27.7 Å². The summed E-state index contributed by atoms with van der Waals surface area (Å²) in [5.74, 6) is -0.264. The molecule has 244 valence electrons. The van der Waals surface area contributed by atoms with Crippen LogP contribution in [0.4, 0.5) is 47.3 Å². The summed E-state index contributed by atoms with van der Waals surface area (Å²) >= 11 is 0. The van der Waals surface area contributed by atoms with Crippen molar-refractivity contribution in [2.24, 2.45) is 0 Å². The number of benzene rings is 7. The molecule has 50 heavy (non-hydrogen) atoms. The molecule has 2 heterocycles. The lowest BCUT2D eigenvalue weighted by Gasteiger charge is -2.45. The maximum atomic E-state index is 14.2. The monoisotopic (exact) mass is 660 g/mol. The zero-order valence-electron chi connectivity index (χ0n) is 28.1. The lowest BCUT2D eigenvalue weighted by atomic mass is 9.33. The first-order valence-electron chi connectivity index (χ1n) is 16.8. The molecule has 0 amide bonds. The Morgan fingerprint density at radius 3 is 1.40 bits per heavy atom. The molecule has 0 bridgehead atoms. The van der Waals surface area contributed by atoms with Gasteiger partial charge in [0.15, 0.2) is 0 Å². The standard InChI is InChI=1S/C43H32BF3N2O/c1-25-7-5-9-31(19-25)48-38-23-33(50-43(45,46)47)24-39-40(38)44(36-17-15-29-13-11-27(3)21-34(29)41(36)48)37-18-16-30-14-12-28(4)22-35(30)42(37)49(39)32-10-6-8-26(2)20-32/h5-24H,1-4H3. The van der Waals surface area contributed by atoms with Gasteiger partial charge in [0.2, 0.25) is 0 Å². The van der Waals surface area contributed by atoms with E-state index in [0.29, 0.717) is 11.4 Å². The number of fused-ring (bicyclic) bond motifs is 8. The second-order valence-corrected chi connectivity index (χ2v) is 13.7. The van der Waals surface area contributed by atoms with Crippen LogP contribution in [0.25, 0.3) is 21.5 Å². The topological polar surface area (TPSA) is 15.7 Å². The number of nitrogens with zero attached hydrogens (tertiary/aromatic N) is 2. The van der Waals surface area contributed by atoms with Crippen molar-refractivity contribution in [3.05, 3.63) is 144 Å². The minimum absolute atomic E-state index is 0.262. The van der Waals surface area contributed by atoms with Crippen molar-refractivity contribution in [1.82, 2.24) is 0 Å². The number of ether oxygens (including phenoxy) is 1. The molecule has 0 N–H and O–H groups in total. The fraction of sp³-hybridized carbons (Fsp3) is 0.116. The molecule has 0 saturated heterocycles. The Kier molecular flexibility index (Phi) is 6.63. The van der Waals surface area contributed by atoms with Crippen LogP contribution in [0.3, 0.4) is 0 Å². The number of halogens is 3. The fourth-order valence-corrected chi connectivity index (χ4v) is 8.08. The van der Waals surface area contributed by atoms with E-state index >= 15 is 0 Å². The Balaban J connectivity index is 1.48. The molecule has 0 spiro atoms. The van der Waals surface area contributed by atoms with Crippen molar-refractivity contribution < 1.29 is 17.9 Å². The number of alkyl halides is 3. The van der Waals surface area contributed by atoms with Gasteiger partial charge < -0.3 is 14.5 Å². The van der Waals surface area contributed by atoms with Crippen molar-refractivity contribution in [2.75, 3.05) is 9.80 Å². The van der Waals surface area contributed by atoms with E-state index in [0.717, 1.165) is 82.9 Å². The highest BCUT2D eigenvalue weighted by Crippen LogP contribution is 2.49. The van der Waals surface area contributed by atoms with Crippen LogP contribution in [0.2, 0.25) is 0 Å². The average Bonchev–Trinajstić information content (AvgIpc) is 3.07. The molecule has 0 unspecified atom stereocenters. The summed E-state index contributed by atoms with van der Waals surface area (Å²) in [6, 6.07) is 41.0. The third-order valence-electron chi connectivity index (χ3n) is 10.1. The van der Waals surface area contributed by atoms with Crippen LogP contribution in [-0.2, 0) is 0 Å². The highest BCUT2D eigenvalue weighted by atomic mass is 19.4. The van der Waals surface area contributed by atoms with Gasteiger partial charge in [-0.1, -0.05) is 83.9 Å². The van der Waals surface area contributed by atoms with Crippen LogP contribution >= 0.6 is 0 Å². The summed E-state index contributed by atoms with van der Waals surface area (Å²) in [6.07, 6.45) is -4.88. The minimum atomic E-state index is -4.88. The Morgan fingerprint density at radius 1 is 0.520 bits per heavy atom. The van der Waals surface area contributed by atoms with Gasteiger partial charge in [-0.05, 0) is 102 Å². The van der Waals surface area contributed by atoms with E-state index in [9.17, 15) is 13.2 Å². The predicted octanol–water partition coefficient (Wildman–Crippen LogP) is 10.2. The molecule has 0 fully saturated rings. The Morgan fingerprint density at radius 2 is 0.960 bits per heavy atom. The van der Waals surface area contributed by atoms with Crippen molar-refractivity contribution in [3.8, 4) is 5.75 Å². The third-order valence-corrected chi connectivity index (χ3v) is 10.1. The summed E-state index contributed by atoms with van der Waals surface area (Å²) < 4.78 is 47.4.